The van der Waals surface area contributed by atoms with Gasteiger partial charge in [-0.05, 0) is 13.0 Å². The molecular weight excluding hydrogens is 230 g/mol. The molecule has 0 fully saturated rings. The van der Waals surface area contributed by atoms with Crippen molar-refractivity contribution in [1.82, 2.24) is 4.98 Å². The van der Waals surface area contributed by atoms with E-state index in [1.807, 2.05) is 30.5 Å². The minimum absolute atomic E-state index is 0.567. The number of nitrogens with zero attached hydrogens (tertiary/aromatic N) is 1. The predicted molar refractivity (Wildman–Crippen MR) is 62.4 cm³/mol. The summed E-state index contributed by atoms with van der Waals surface area (Å²) < 4.78 is 0. The van der Waals surface area contributed by atoms with Crippen LogP contribution in [0.15, 0.2) is 29.6 Å². The van der Waals surface area contributed by atoms with Gasteiger partial charge in [0.15, 0.2) is 0 Å². The average Bonchev–Trinajstić information content (AvgIpc) is 2.65. The van der Waals surface area contributed by atoms with Crippen LogP contribution in [0.25, 0.3) is 0 Å². The molecule has 4 heteroatoms. The summed E-state index contributed by atoms with van der Waals surface area (Å²) in [6, 6.07) is 7.26. The Morgan fingerprint density at radius 1 is 1.40 bits per heavy atom. The lowest BCUT2D eigenvalue weighted by atomic mass is 10.1. The molecule has 2 aromatic rings. The van der Waals surface area contributed by atoms with Crippen LogP contribution < -0.4 is 0 Å². The fourth-order valence-electron chi connectivity index (χ4n) is 1.33. The van der Waals surface area contributed by atoms with Crippen LogP contribution in [-0.4, -0.2) is 10.1 Å². The SMILES string of the molecule is Cc1csc(C(O)c2ccccc2Cl)n1. The van der Waals surface area contributed by atoms with Crippen LogP contribution in [0.4, 0.5) is 0 Å². The van der Waals surface area contributed by atoms with Crippen molar-refractivity contribution in [3.05, 3.63) is 50.9 Å². The molecule has 2 rings (SSSR count). The number of thiazole rings is 1. The third-order valence-corrected chi connectivity index (χ3v) is 3.43. The van der Waals surface area contributed by atoms with Gasteiger partial charge in [0.2, 0.25) is 0 Å². The second-order valence-electron chi connectivity index (χ2n) is 3.25. The molecule has 0 radical (unpaired) electrons. The summed E-state index contributed by atoms with van der Waals surface area (Å²) in [6.45, 7) is 1.90. The third-order valence-electron chi connectivity index (χ3n) is 2.07. The van der Waals surface area contributed by atoms with Gasteiger partial charge in [-0.2, -0.15) is 0 Å². The van der Waals surface area contributed by atoms with Crippen molar-refractivity contribution in [2.45, 2.75) is 13.0 Å². The van der Waals surface area contributed by atoms with E-state index >= 15 is 0 Å². The lowest BCUT2D eigenvalue weighted by Crippen LogP contribution is -1.99. The largest absolute Gasteiger partial charge is 0.381 e. The first-order valence-electron chi connectivity index (χ1n) is 4.53. The highest BCUT2D eigenvalue weighted by molar-refractivity contribution is 7.09. The van der Waals surface area contributed by atoms with Gasteiger partial charge >= 0.3 is 0 Å². The lowest BCUT2D eigenvalue weighted by Gasteiger charge is -2.09. The summed E-state index contributed by atoms with van der Waals surface area (Å²) in [4.78, 5) is 4.24. The number of halogens is 1. The van der Waals surface area contributed by atoms with Crippen molar-refractivity contribution >= 4 is 22.9 Å². The molecule has 0 saturated carbocycles. The molecule has 78 valence electrons. The van der Waals surface area contributed by atoms with Gasteiger partial charge in [-0.3, -0.25) is 0 Å². The smallest absolute Gasteiger partial charge is 0.132 e. The highest BCUT2D eigenvalue weighted by Gasteiger charge is 2.16. The first-order valence-corrected chi connectivity index (χ1v) is 5.79. The number of hydrogen-bond acceptors (Lipinski definition) is 3. The van der Waals surface area contributed by atoms with E-state index in [0.717, 1.165) is 5.69 Å². The van der Waals surface area contributed by atoms with Crippen LogP contribution in [0.1, 0.15) is 22.4 Å². The van der Waals surface area contributed by atoms with E-state index < -0.39 is 6.10 Å². The Morgan fingerprint density at radius 2 is 2.13 bits per heavy atom. The monoisotopic (exact) mass is 239 g/mol. The zero-order valence-electron chi connectivity index (χ0n) is 8.14. The Bertz CT molecular complexity index is 469. The normalized spacial score (nSPS) is 12.7. The van der Waals surface area contributed by atoms with Gasteiger partial charge in [-0.25, -0.2) is 4.98 Å². The summed E-state index contributed by atoms with van der Waals surface area (Å²) in [5.74, 6) is 0. The predicted octanol–water partition coefficient (Wildman–Crippen LogP) is 3.19. The van der Waals surface area contributed by atoms with E-state index in [0.29, 0.717) is 15.6 Å². The number of aliphatic hydroxyl groups is 1. The minimum atomic E-state index is -0.725. The summed E-state index contributed by atoms with van der Waals surface area (Å²) in [6.07, 6.45) is -0.725. The van der Waals surface area contributed by atoms with Gasteiger partial charge in [0, 0.05) is 21.7 Å². The molecule has 0 aliphatic rings. The van der Waals surface area contributed by atoms with Gasteiger partial charge in [0.05, 0.1) is 0 Å². The molecule has 2 nitrogen and oxygen atoms in total. The molecule has 0 spiro atoms. The second kappa shape index (κ2) is 4.31. The molecule has 1 aromatic carbocycles. The summed E-state index contributed by atoms with van der Waals surface area (Å²) in [7, 11) is 0. The number of rotatable bonds is 2. The molecule has 0 saturated heterocycles. The summed E-state index contributed by atoms with van der Waals surface area (Å²) in [5, 5.41) is 13.2. The molecule has 1 atom stereocenters. The standard InChI is InChI=1S/C11H10ClNOS/c1-7-6-15-11(13-7)10(14)8-4-2-3-5-9(8)12/h2-6,10,14H,1H3. The first-order chi connectivity index (χ1) is 7.18. The molecule has 15 heavy (non-hydrogen) atoms. The van der Waals surface area contributed by atoms with Crippen molar-refractivity contribution < 1.29 is 5.11 Å². The van der Waals surface area contributed by atoms with E-state index in [9.17, 15) is 5.11 Å². The highest BCUT2D eigenvalue weighted by Crippen LogP contribution is 2.29. The Labute approximate surface area is 97.2 Å². The quantitative estimate of drug-likeness (QED) is 0.873. The summed E-state index contributed by atoms with van der Waals surface area (Å²) >= 11 is 7.43. The zero-order valence-corrected chi connectivity index (χ0v) is 9.72. The lowest BCUT2D eigenvalue weighted by molar-refractivity contribution is 0.219. The molecule has 0 amide bonds. The van der Waals surface area contributed by atoms with E-state index in [1.165, 1.54) is 11.3 Å². The maximum atomic E-state index is 10.0. The van der Waals surface area contributed by atoms with Gasteiger partial charge in [-0.1, -0.05) is 29.8 Å². The van der Waals surface area contributed by atoms with Crippen molar-refractivity contribution in [3.63, 3.8) is 0 Å². The molecule has 0 bridgehead atoms. The van der Waals surface area contributed by atoms with Gasteiger partial charge in [-0.15, -0.1) is 11.3 Å². The highest BCUT2D eigenvalue weighted by atomic mass is 35.5. The van der Waals surface area contributed by atoms with E-state index in [1.54, 1.807) is 6.07 Å². The Balaban J connectivity index is 2.36. The van der Waals surface area contributed by atoms with Crippen LogP contribution in [0.5, 0.6) is 0 Å². The second-order valence-corrected chi connectivity index (χ2v) is 4.55. The van der Waals surface area contributed by atoms with Crippen molar-refractivity contribution in [1.29, 1.82) is 0 Å². The van der Waals surface area contributed by atoms with Gasteiger partial charge < -0.3 is 5.11 Å². The fraction of sp³-hybridized carbons (Fsp3) is 0.182. The first kappa shape index (κ1) is 10.6. The number of benzene rings is 1. The van der Waals surface area contributed by atoms with Crippen LogP contribution in [0.2, 0.25) is 5.02 Å². The van der Waals surface area contributed by atoms with E-state index in [4.69, 9.17) is 11.6 Å². The zero-order chi connectivity index (χ0) is 10.8. The van der Waals surface area contributed by atoms with Crippen LogP contribution >= 0.6 is 22.9 Å². The van der Waals surface area contributed by atoms with E-state index in [2.05, 4.69) is 4.98 Å². The van der Waals surface area contributed by atoms with E-state index in [-0.39, 0.29) is 0 Å². The van der Waals surface area contributed by atoms with Crippen LogP contribution in [0.3, 0.4) is 0 Å². The minimum Gasteiger partial charge on any atom is -0.381 e. The fourth-order valence-corrected chi connectivity index (χ4v) is 2.36. The molecule has 0 aliphatic carbocycles. The van der Waals surface area contributed by atoms with Gasteiger partial charge in [0.25, 0.3) is 0 Å². The molecule has 1 heterocycles. The number of aryl methyl sites for hydroxylation is 1. The molecule has 1 aromatic heterocycles. The average molecular weight is 240 g/mol. The summed E-state index contributed by atoms with van der Waals surface area (Å²) in [5.41, 5.74) is 1.62. The van der Waals surface area contributed by atoms with Crippen molar-refractivity contribution in [3.8, 4) is 0 Å². The van der Waals surface area contributed by atoms with Crippen LogP contribution in [0, 0.1) is 6.92 Å². The molecular formula is C11H10ClNOS. The third kappa shape index (κ3) is 2.20. The van der Waals surface area contributed by atoms with Crippen molar-refractivity contribution in [2.75, 3.05) is 0 Å². The number of aliphatic hydroxyl groups excluding tert-OH is 1. The Kier molecular flexibility index (Phi) is 3.05. The molecule has 1 N–H and O–H groups in total. The van der Waals surface area contributed by atoms with Gasteiger partial charge in [0.1, 0.15) is 11.1 Å². The van der Waals surface area contributed by atoms with Crippen LogP contribution in [-0.2, 0) is 0 Å². The topological polar surface area (TPSA) is 33.1 Å². The molecule has 1 unspecified atom stereocenters. The maximum Gasteiger partial charge on any atom is 0.132 e. The Morgan fingerprint density at radius 3 is 2.73 bits per heavy atom. The van der Waals surface area contributed by atoms with Crippen molar-refractivity contribution in [2.24, 2.45) is 0 Å². The number of aromatic nitrogens is 1. The Hall–Kier alpha value is -0.900. The maximum absolute atomic E-state index is 10.0. The number of hydrogen-bond donors (Lipinski definition) is 1. The molecule has 0 aliphatic heterocycles.